The van der Waals surface area contributed by atoms with Crippen LogP contribution in [0.5, 0.6) is 0 Å². The van der Waals surface area contributed by atoms with Crippen molar-refractivity contribution in [1.29, 1.82) is 0 Å². The summed E-state index contributed by atoms with van der Waals surface area (Å²) in [7, 11) is 0. The molecule has 2 saturated heterocycles. The Morgan fingerprint density at radius 2 is 1.02 bits per heavy atom. The Labute approximate surface area is 291 Å². The first-order chi connectivity index (χ1) is 23.8. The van der Waals surface area contributed by atoms with E-state index in [1.807, 2.05) is 41.5 Å². The number of aromatic nitrogens is 4. The van der Waals surface area contributed by atoms with Crippen molar-refractivity contribution in [2.75, 3.05) is 36.0 Å². The highest BCUT2D eigenvalue weighted by Gasteiger charge is 2.44. The van der Waals surface area contributed by atoms with Gasteiger partial charge in [-0.1, -0.05) is 29.7 Å². The molecule has 50 heavy (non-hydrogen) atoms. The molecule has 10 nitrogen and oxygen atoms in total. The SMILES string of the molecule is CCN1C(=O)N(c2ncc(C#Cc3ccc(F)cc3)cn2)CC1(C)C.CCN1C(=O)N(c2ncc(C#Cc3cccc(F)c3)cn2)CC1(C)C. The van der Waals surface area contributed by atoms with Gasteiger partial charge in [-0.05, 0) is 84.0 Å². The lowest BCUT2D eigenvalue weighted by Gasteiger charge is -2.27. The normalized spacial score (nSPS) is 15.9. The van der Waals surface area contributed by atoms with Crippen LogP contribution in [0.2, 0.25) is 0 Å². The van der Waals surface area contributed by atoms with E-state index < -0.39 is 0 Å². The Kier molecular flexibility index (Phi) is 10.4. The zero-order valence-electron chi connectivity index (χ0n) is 28.9. The van der Waals surface area contributed by atoms with Crippen molar-refractivity contribution < 1.29 is 18.4 Å². The van der Waals surface area contributed by atoms with E-state index in [1.165, 1.54) is 24.3 Å². The number of hydrogen-bond donors (Lipinski definition) is 0. The van der Waals surface area contributed by atoms with Crippen LogP contribution in [-0.4, -0.2) is 79.1 Å². The lowest BCUT2D eigenvalue weighted by molar-refractivity contribution is 0.181. The van der Waals surface area contributed by atoms with Gasteiger partial charge in [-0.25, -0.2) is 38.3 Å². The molecular formula is C38H38F2N8O2. The number of carbonyl (C=O) groups is 2. The van der Waals surface area contributed by atoms with E-state index in [1.54, 1.807) is 68.7 Å². The monoisotopic (exact) mass is 676 g/mol. The lowest BCUT2D eigenvalue weighted by atomic mass is 10.1. The summed E-state index contributed by atoms with van der Waals surface area (Å²) < 4.78 is 26.0. The highest BCUT2D eigenvalue weighted by molar-refractivity contribution is 5.94. The lowest BCUT2D eigenvalue weighted by Crippen LogP contribution is -2.41. The Morgan fingerprint density at radius 1 is 0.600 bits per heavy atom. The van der Waals surface area contributed by atoms with E-state index in [0.717, 1.165) is 0 Å². The third-order valence-corrected chi connectivity index (χ3v) is 8.24. The van der Waals surface area contributed by atoms with Gasteiger partial charge in [0.15, 0.2) is 0 Å². The van der Waals surface area contributed by atoms with E-state index in [-0.39, 0.29) is 34.8 Å². The average molecular weight is 677 g/mol. The zero-order chi connectivity index (χ0) is 36.1. The number of benzene rings is 2. The first-order valence-corrected chi connectivity index (χ1v) is 16.2. The number of likely N-dealkylation sites (N-methyl/N-ethyl adjacent to an activating group) is 2. The second kappa shape index (κ2) is 14.7. The molecule has 0 bridgehead atoms. The molecule has 2 aromatic carbocycles. The third-order valence-electron chi connectivity index (χ3n) is 8.24. The van der Waals surface area contributed by atoms with Gasteiger partial charge in [0, 0.05) is 49.0 Å². The summed E-state index contributed by atoms with van der Waals surface area (Å²) in [6.45, 7) is 14.4. The van der Waals surface area contributed by atoms with Crippen molar-refractivity contribution in [3.63, 3.8) is 0 Å². The quantitative estimate of drug-likeness (QED) is 0.242. The molecule has 2 aromatic heterocycles. The number of carbonyl (C=O) groups excluding carboxylic acids is 2. The molecule has 6 rings (SSSR count). The minimum atomic E-state index is -0.325. The Bertz CT molecular complexity index is 1980. The third kappa shape index (κ3) is 8.04. The average Bonchev–Trinajstić information content (AvgIpc) is 3.48. The summed E-state index contributed by atoms with van der Waals surface area (Å²) >= 11 is 0. The molecule has 0 aliphatic carbocycles. The first-order valence-electron chi connectivity index (χ1n) is 16.2. The fourth-order valence-corrected chi connectivity index (χ4v) is 5.77. The van der Waals surface area contributed by atoms with Crippen LogP contribution >= 0.6 is 0 Å². The van der Waals surface area contributed by atoms with Crippen molar-refractivity contribution in [2.45, 2.75) is 52.6 Å². The van der Waals surface area contributed by atoms with Gasteiger partial charge in [-0.3, -0.25) is 9.80 Å². The molecule has 4 heterocycles. The summed E-state index contributed by atoms with van der Waals surface area (Å²) in [5.41, 5.74) is 2.01. The number of rotatable bonds is 4. The summed E-state index contributed by atoms with van der Waals surface area (Å²) in [5, 5.41) is 0. The van der Waals surface area contributed by atoms with Crippen LogP contribution in [0, 0.1) is 35.3 Å². The van der Waals surface area contributed by atoms with E-state index in [9.17, 15) is 18.4 Å². The highest BCUT2D eigenvalue weighted by Crippen LogP contribution is 2.29. The van der Waals surface area contributed by atoms with Gasteiger partial charge in [0.25, 0.3) is 0 Å². The molecule has 2 aliphatic rings. The van der Waals surface area contributed by atoms with E-state index in [4.69, 9.17) is 0 Å². The smallest absolute Gasteiger partial charge is 0.318 e. The van der Waals surface area contributed by atoms with Crippen LogP contribution in [0.3, 0.4) is 0 Å². The molecule has 2 aliphatic heterocycles. The molecule has 4 aromatic rings. The molecule has 12 heteroatoms. The van der Waals surface area contributed by atoms with Crippen LogP contribution in [0.1, 0.15) is 63.8 Å². The van der Waals surface area contributed by atoms with Crippen LogP contribution in [0.25, 0.3) is 0 Å². The van der Waals surface area contributed by atoms with Crippen molar-refractivity contribution in [2.24, 2.45) is 0 Å². The number of hydrogen-bond acceptors (Lipinski definition) is 6. The van der Waals surface area contributed by atoms with Crippen molar-refractivity contribution in [3.8, 4) is 23.7 Å². The molecule has 2 fully saturated rings. The standard InChI is InChI=1S/2C19H19FN4O/c1-4-24-18(25)23(13-19(24,2)3)17-21-11-15(12-22-17)6-5-14-7-9-16(20)10-8-14;1-4-24-18(25)23(13-19(24,2)3)17-21-11-15(12-22-17)9-8-14-6-5-7-16(20)10-14/h7-12H,4,13H2,1-3H3;5-7,10-12H,4,13H2,1-3H3. The van der Waals surface area contributed by atoms with Gasteiger partial charge >= 0.3 is 12.1 Å². The minimum absolute atomic E-state index is 0.0855. The topological polar surface area (TPSA) is 98.7 Å². The molecule has 0 N–H and O–H groups in total. The fraction of sp³-hybridized carbons (Fsp3) is 0.316. The number of urea groups is 2. The van der Waals surface area contributed by atoms with E-state index in [2.05, 4.69) is 43.6 Å². The highest BCUT2D eigenvalue weighted by atomic mass is 19.1. The second-order valence-electron chi connectivity index (χ2n) is 12.9. The summed E-state index contributed by atoms with van der Waals surface area (Å²) in [6.07, 6.45) is 6.33. The van der Waals surface area contributed by atoms with Gasteiger partial charge in [-0.2, -0.15) is 0 Å². The summed E-state index contributed by atoms with van der Waals surface area (Å²) in [5.74, 6) is 11.8. The molecule has 4 amide bonds. The minimum Gasteiger partial charge on any atom is -0.318 e. The molecule has 0 saturated carbocycles. The number of anilines is 2. The fourth-order valence-electron chi connectivity index (χ4n) is 5.77. The molecular weight excluding hydrogens is 638 g/mol. The predicted octanol–water partition coefficient (Wildman–Crippen LogP) is 6.11. The Morgan fingerprint density at radius 3 is 1.42 bits per heavy atom. The maximum atomic E-state index is 13.1. The first kappa shape index (κ1) is 35.4. The maximum absolute atomic E-state index is 13.1. The van der Waals surface area contributed by atoms with Gasteiger partial charge in [0.1, 0.15) is 11.6 Å². The second-order valence-corrected chi connectivity index (χ2v) is 12.9. The molecule has 0 radical (unpaired) electrons. The van der Waals surface area contributed by atoms with Gasteiger partial charge in [0.05, 0.1) is 35.3 Å². The van der Waals surface area contributed by atoms with Gasteiger partial charge < -0.3 is 9.80 Å². The molecule has 0 unspecified atom stereocenters. The van der Waals surface area contributed by atoms with Crippen molar-refractivity contribution in [3.05, 3.63) is 107 Å². The zero-order valence-corrected chi connectivity index (χ0v) is 28.9. The number of halogens is 2. The Hall–Kier alpha value is -5.88. The van der Waals surface area contributed by atoms with E-state index in [0.29, 0.717) is 60.3 Å². The molecule has 0 atom stereocenters. The largest absolute Gasteiger partial charge is 0.327 e. The predicted molar refractivity (Wildman–Crippen MR) is 187 cm³/mol. The number of nitrogens with zero attached hydrogens (tertiary/aromatic N) is 8. The van der Waals surface area contributed by atoms with Crippen LogP contribution in [-0.2, 0) is 0 Å². The Balaban J connectivity index is 0.000000194. The van der Waals surface area contributed by atoms with Crippen molar-refractivity contribution >= 4 is 24.0 Å². The molecule has 0 spiro atoms. The number of amides is 4. The van der Waals surface area contributed by atoms with Gasteiger partial charge in [0.2, 0.25) is 11.9 Å². The summed E-state index contributed by atoms with van der Waals surface area (Å²) in [6, 6.07) is 11.9. The van der Waals surface area contributed by atoms with Gasteiger partial charge in [-0.15, -0.1) is 0 Å². The summed E-state index contributed by atoms with van der Waals surface area (Å²) in [4.78, 5) is 48.8. The molecule has 256 valence electrons. The van der Waals surface area contributed by atoms with Crippen molar-refractivity contribution in [1.82, 2.24) is 29.7 Å². The van der Waals surface area contributed by atoms with E-state index >= 15 is 0 Å². The van der Waals surface area contributed by atoms with Crippen LogP contribution < -0.4 is 9.80 Å². The van der Waals surface area contributed by atoms with Crippen LogP contribution in [0.4, 0.5) is 30.3 Å². The maximum Gasteiger partial charge on any atom is 0.327 e. The van der Waals surface area contributed by atoms with Crippen LogP contribution in [0.15, 0.2) is 73.3 Å².